The Labute approximate surface area is 293 Å². The predicted octanol–water partition coefficient (Wildman–Crippen LogP) is 14.6. The van der Waals surface area contributed by atoms with Crippen LogP contribution in [-0.2, 0) is 6.42 Å². The zero-order valence-corrected chi connectivity index (χ0v) is 29.8. The van der Waals surface area contributed by atoms with Crippen molar-refractivity contribution in [1.82, 2.24) is 0 Å². The van der Waals surface area contributed by atoms with Gasteiger partial charge in [-0.05, 0) is 91.4 Å². The second kappa shape index (κ2) is 18.7. The van der Waals surface area contributed by atoms with Crippen molar-refractivity contribution in [2.75, 3.05) is 0 Å². The van der Waals surface area contributed by atoms with Crippen LogP contribution in [0, 0.1) is 41.0 Å². The molecule has 0 heterocycles. The third-order valence-corrected chi connectivity index (χ3v) is 11.3. The molecule has 5 rings (SSSR count). The van der Waals surface area contributed by atoms with E-state index in [0.29, 0.717) is 41.0 Å². The molecule has 0 radical (unpaired) electrons. The summed E-state index contributed by atoms with van der Waals surface area (Å²) in [6.45, 7) is 4.30. The molecule has 0 aliphatic heterocycles. The minimum Gasteiger partial charge on any atom is -0.203 e. The first-order valence-corrected chi connectivity index (χ1v) is 19.3. The average Bonchev–Trinajstić information content (AvgIpc) is 3.13. The molecule has 0 spiro atoms. The molecular formula is C45H56F4. The lowest BCUT2D eigenvalue weighted by molar-refractivity contribution is 0.187. The van der Waals surface area contributed by atoms with Gasteiger partial charge in [-0.3, -0.25) is 0 Å². The summed E-state index contributed by atoms with van der Waals surface area (Å²) in [6.07, 6.45) is 27.3. The summed E-state index contributed by atoms with van der Waals surface area (Å²) in [5.74, 6) is -1.11. The first kappa shape index (κ1) is 37.1. The third kappa shape index (κ3) is 9.77. The minimum atomic E-state index is -0.888. The molecule has 0 bridgehead atoms. The van der Waals surface area contributed by atoms with Gasteiger partial charge >= 0.3 is 0 Å². The monoisotopic (exact) mass is 672 g/mol. The summed E-state index contributed by atoms with van der Waals surface area (Å²) >= 11 is 0. The molecule has 1 atom stereocenters. The number of unbranched alkanes of at least 4 members (excludes halogenated alkanes) is 6. The van der Waals surface area contributed by atoms with E-state index in [0.717, 1.165) is 43.1 Å². The molecule has 0 amide bonds. The molecule has 2 aliphatic rings. The maximum absolute atomic E-state index is 15.5. The van der Waals surface area contributed by atoms with Crippen molar-refractivity contribution >= 4 is 5.57 Å². The highest BCUT2D eigenvalue weighted by Gasteiger charge is 2.29. The quantitative estimate of drug-likeness (QED) is 0.0807. The van der Waals surface area contributed by atoms with Crippen LogP contribution in [0.3, 0.4) is 0 Å². The Hall–Kier alpha value is -3.14. The van der Waals surface area contributed by atoms with E-state index in [4.69, 9.17) is 0 Å². The highest BCUT2D eigenvalue weighted by molar-refractivity contribution is 5.74. The summed E-state index contributed by atoms with van der Waals surface area (Å²) < 4.78 is 60.9. The van der Waals surface area contributed by atoms with Gasteiger partial charge in [0.1, 0.15) is 0 Å². The van der Waals surface area contributed by atoms with E-state index >= 15 is 13.2 Å². The highest BCUT2D eigenvalue weighted by Crippen LogP contribution is 2.43. The molecule has 264 valence electrons. The third-order valence-electron chi connectivity index (χ3n) is 11.3. The average molecular weight is 673 g/mol. The van der Waals surface area contributed by atoms with E-state index in [9.17, 15) is 4.39 Å². The SMILES string of the molecule is CC/C=C/CCc1ccc(-c2ccc(-c3ccc(C4=CCC(C5CCC(CCCCCCCCC)CC5)CC4)c(F)c3F)cc2)c(F)c1F. The molecule has 1 fully saturated rings. The Balaban J connectivity index is 1.15. The van der Waals surface area contributed by atoms with Crippen LogP contribution >= 0.6 is 0 Å². The standard InChI is InChI=1S/C45H56F4/c1-3-5-7-9-10-11-12-14-32-16-18-33(19-17-32)34-20-22-35(23-21-34)40-30-31-41(45(49)44(40)48)37-26-24-36(25-27-37)39-29-28-38(42(46)43(39)47)15-13-8-6-4-2/h6,8,22,24-34H,3-5,7,9-21,23H2,1-2H3/b8-6+. The van der Waals surface area contributed by atoms with Crippen molar-refractivity contribution < 1.29 is 17.6 Å². The highest BCUT2D eigenvalue weighted by atomic mass is 19.2. The Bertz CT molecular complexity index is 1540. The molecule has 4 heteroatoms. The van der Waals surface area contributed by atoms with Crippen LogP contribution in [0.15, 0.2) is 66.8 Å². The first-order valence-electron chi connectivity index (χ1n) is 19.3. The first-order chi connectivity index (χ1) is 23.9. The van der Waals surface area contributed by atoms with Gasteiger partial charge < -0.3 is 0 Å². The maximum Gasteiger partial charge on any atom is 0.167 e. The van der Waals surface area contributed by atoms with Gasteiger partial charge in [0.25, 0.3) is 0 Å². The van der Waals surface area contributed by atoms with Gasteiger partial charge in [-0.25, -0.2) is 17.6 Å². The van der Waals surface area contributed by atoms with Gasteiger partial charge in [0, 0.05) is 16.7 Å². The van der Waals surface area contributed by atoms with Gasteiger partial charge in [-0.15, -0.1) is 0 Å². The molecule has 1 saturated carbocycles. The maximum atomic E-state index is 15.5. The number of hydrogen-bond donors (Lipinski definition) is 0. The molecule has 0 nitrogen and oxygen atoms in total. The molecule has 49 heavy (non-hydrogen) atoms. The number of benzene rings is 3. The second-order valence-corrected chi connectivity index (χ2v) is 14.6. The van der Waals surface area contributed by atoms with Crippen molar-refractivity contribution in [1.29, 1.82) is 0 Å². The molecule has 0 N–H and O–H groups in total. The van der Waals surface area contributed by atoms with Crippen molar-refractivity contribution in [2.45, 2.75) is 129 Å². The number of halogens is 4. The zero-order valence-electron chi connectivity index (χ0n) is 29.8. The van der Waals surface area contributed by atoms with E-state index in [1.54, 1.807) is 48.5 Å². The summed E-state index contributed by atoms with van der Waals surface area (Å²) in [5.41, 5.74) is 2.90. The second-order valence-electron chi connectivity index (χ2n) is 14.6. The molecule has 1 unspecified atom stereocenters. The fraction of sp³-hybridized carbons (Fsp3) is 0.511. The Kier molecular flexibility index (Phi) is 14.2. The normalized spacial score (nSPS) is 19.8. The van der Waals surface area contributed by atoms with Crippen LogP contribution in [0.25, 0.3) is 27.8 Å². The number of aryl methyl sites for hydroxylation is 1. The topological polar surface area (TPSA) is 0 Å². The summed E-state index contributed by atoms with van der Waals surface area (Å²) in [6, 6.07) is 13.1. The fourth-order valence-corrected chi connectivity index (χ4v) is 8.24. The Morgan fingerprint density at radius 1 is 0.592 bits per heavy atom. The van der Waals surface area contributed by atoms with Crippen molar-refractivity contribution in [2.24, 2.45) is 17.8 Å². The molecule has 0 saturated heterocycles. The van der Waals surface area contributed by atoms with Gasteiger partial charge in [0.2, 0.25) is 0 Å². The summed E-state index contributed by atoms with van der Waals surface area (Å²) in [7, 11) is 0. The van der Waals surface area contributed by atoms with E-state index in [2.05, 4.69) is 13.0 Å². The summed E-state index contributed by atoms with van der Waals surface area (Å²) in [4.78, 5) is 0. The van der Waals surface area contributed by atoms with Crippen LogP contribution in [0.4, 0.5) is 17.6 Å². The molecule has 2 aliphatic carbocycles. The lowest BCUT2D eigenvalue weighted by Gasteiger charge is -2.35. The van der Waals surface area contributed by atoms with Gasteiger partial charge in [-0.1, -0.05) is 145 Å². The van der Waals surface area contributed by atoms with Crippen LogP contribution < -0.4 is 0 Å². The fourth-order valence-electron chi connectivity index (χ4n) is 8.24. The van der Waals surface area contributed by atoms with Gasteiger partial charge in [-0.2, -0.15) is 0 Å². The number of allylic oxidation sites excluding steroid dienone is 4. The van der Waals surface area contributed by atoms with Crippen LogP contribution in [0.2, 0.25) is 0 Å². The van der Waals surface area contributed by atoms with Gasteiger partial charge in [0.15, 0.2) is 23.3 Å². The number of hydrogen-bond acceptors (Lipinski definition) is 0. The van der Waals surface area contributed by atoms with Gasteiger partial charge in [0.05, 0.1) is 0 Å². The lowest BCUT2D eigenvalue weighted by atomic mass is 9.70. The number of rotatable bonds is 16. The molecule has 0 aromatic heterocycles. The predicted molar refractivity (Wildman–Crippen MR) is 198 cm³/mol. The summed E-state index contributed by atoms with van der Waals surface area (Å²) in [5, 5.41) is 0. The largest absolute Gasteiger partial charge is 0.203 e. The minimum absolute atomic E-state index is 0.151. The van der Waals surface area contributed by atoms with E-state index in [-0.39, 0.29) is 11.1 Å². The molecule has 3 aromatic rings. The van der Waals surface area contributed by atoms with Crippen LogP contribution in [-0.4, -0.2) is 0 Å². The van der Waals surface area contributed by atoms with E-state index < -0.39 is 23.3 Å². The smallest absolute Gasteiger partial charge is 0.167 e. The van der Waals surface area contributed by atoms with E-state index in [1.165, 1.54) is 77.0 Å². The Morgan fingerprint density at radius 3 is 1.82 bits per heavy atom. The van der Waals surface area contributed by atoms with Crippen LogP contribution in [0.5, 0.6) is 0 Å². The molecular weight excluding hydrogens is 616 g/mol. The van der Waals surface area contributed by atoms with Crippen molar-refractivity contribution in [3.8, 4) is 22.3 Å². The van der Waals surface area contributed by atoms with Crippen molar-refractivity contribution in [3.63, 3.8) is 0 Å². The molecule has 3 aromatic carbocycles. The lowest BCUT2D eigenvalue weighted by Crippen LogP contribution is -2.23. The zero-order chi connectivity index (χ0) is 34.6. The Morgan fingerprint density at radius 2 is 1.18 bits per heavy atom. The van der Waals surface area contributed by atoms with Crippen molar-refractivity contribution in [3.05, 3.63) is 101 Å². The van der Waals surface area contributed by atoms with Crippen LogP contribution in [0.1, 0.15) is 134 Å². The van der Waals surface area contributed by atoms with E-state index in [1.807, 2.05) is 19.1 Å².